The molecular formula is C15H18N4S. The summed E-state index contributed by atoms with van der Waals surface area (Å²) >= 11 is 1.73. The summed E-state index contributed by atoms with van der Waals surface area (Å²) in [6.07, 6.45) is 1.83. The van der Waals surface area contributed by atoms with Gasteiger partial charge >= 0.3 is 0 Å². The van der Waals surface area contributed by atoms with Crippen molar-refractivity contribution in [2.75, 3.05) is 5.32 Å². The van der Waals surface area contributed by atoms with E-state index in [0.717, 1.165) is 28.8 Å². The number of hydrogen-bond acceptors (Lipinski definition) is 4. The Bertz CT molecular complexity index is 721. The van der Waals surface area contributed by atoms with Crippen LogP contribution in [0.25, 0.3) is 10.9 Å². The van der Waals surface area contributed by atoms with Crippen LogP contribution in [0.3, 0.4) is 0 Å². The Morgan fingerprint density at radius 3 is 2.90 bits per heavy atom. The Morgan fingerprint density at radius 1 is 1.30 bits per heavy atom. The highest BCUT2D eigenvalue weighted by atomic mass is 32.1. The van der Waals surface area contributed by atoms with Crippen molar-refractivity contribution in [2.24, 2.45) is 0 Å². The third-order valence-electron chi connectivity index (χ3n) is 3.11. The normalized spacial score (nSPS) is 11.9. The van der Waals surface area contributed by atoms with Crippen molar-refractivity contribution in [1.29, 1.82) is 0 Å². The van der Waals surface area contributed by atoms with Gasteiger partial charge in [-0.25, -0.2) is 4.98 Å². The molecule has 3 aromatic rings. The monoisotopic (exact) mass is 286 g/mol. The van der Waals surface area contributed by atoms with Gasteiger partial charge in [0.25, 0.3) is 0 Å². The van der Waals surface area contributed by atoms with Crippen LogP contribution in [0.4, 0.5) is 5.69 Å². The first kappa shape index (κ1) is 13.1. The molecule has 0 unspecified atom stereocenters. The van der Waals surface area contributed by atoms with Gasteiger partial charge in [0.2, 0.25) is 0 Å². The minimum atomic E-state index is 0.123. The van der Waals surface area contributed by atoms with Crippen LogP contribution in [0.5, 0.6) is 0 Å². The highest BCUT2D eigenvalue weighted by Gasteiger charge is 2.17. The van der Waals surface area contributed by atoms with Crippen molar-refractivity contribution < 1.29 is 0 Å². The Kier molecular flexibility index (Phi) is 3.22. The van der Waals surface area contributed by atoms with E-state index in [9.17, 15) is 0 Å². The number of anilines is 1. The fourth-order valence-electron chi connectivity index (χ4n) is 1.97. The highest BCUT2D eigenvalue weighted by Crippen LogP contribution is 2.26. The molecule has 0 bridgehead atoms. The predicted molar refractivity (Wildman–Crippen MR) is 84.2 cm³/mol. The number of nitrogens with one attached hydrogen (secondary N) is 2. The fourth-order valence-corrected chi connectivity index (χ4v) is 2.88. The molecule has 0 aliphatic rings. The smallest absolute Gasteiger partial charge is 0.0982 e. The standard InChI is InChI=1S/C15H18N4S/c1-15(2,3)14-18-12(9-20-14)8-16-11-5-4-10-7-17-19-13(10)6-11/h4-7,9,16H,8H2,1-3H3,(H,17,19). The van der Waals surface area contributed by atoms with Crippen molar-refractivity contribution in [1.82, 2.24) is 15.2 Å². The lowest BCUT2D eigenvalue weighted by atomic mass is 9.98. The van der Waals surface area contributed by atoms with Gasteiger partial charge in [-0.3, -0.25) is 5.10 Å². The third-order valence-corrected chi connectivity index (χ3v) is 4.43. The van der Waals surface area contributed by atoms with Crippen LogP contribution in [0.1, 0.15) is 31.5 Å². The molecule has 5 heteroatoms. The number of aromatic amines is 1. The minimum Gasteiger partial charge on any atom is -0.379 e. The van der Waals surface area contributed by atoms with Crippen LogP contribution in [0.2, 0.25) is 0 Å². The second-order valence-corrected chi connectivity index (χ2v) is 6.78. The number of benzene rings is 1. The van der Waals surface area contributed by atoms with Crippen molar-refractivity contribution in [3.63, 3.8) is 0 Å². The van der Waals surface area contributed by atoms with Gasteiger partial charge in [-0.05, 0) is 18.2 Å². The summed E-state index contributed by atoms with van der Waals surface area (Å²) in [6, 6.07) is 6.19. The van der Waals surface area contributed by atoms with Gasteiger partial charge in [-0.2, -0.15) is 5.10 Å². The summed E-state index contributed by atoms with van der Waals surface area (Å²) in [5.74, 6) is 0. The molecule has 0 radical (unpaired) electrons. The second-order valence-electron chi connectivity index (χ2n) is 5.92. The molecule has 104 valence electrons. The topological polar surface area (TPSA) is 53.6 Å². The maximum Gasteiger partial charge on any atom is 0.0982 e. The lowest BCUT2D eigenvalue weighted by Gasteiger charge is -2.13. The van der Waals surface area contributed by atoms with Gasteiger partial charge < -0.3 is 5.32 Å². The van der Waals surface area contributed by atoms with Crippen LogP contribution in [0.15, 0.2) is 29.8 Å². The SMILES string of the molecule is CC(C)(C)c1nc(CNc2ccc3cn[nH]c3c2)cs1. The number of nitrogens with zero attached hydrogens (tertiary/aromatic N) is 2. The van der Waals surface area contributed by atoms with E-state index in [1.807, 2.05) is 6.20 Å². The van der Waals surface area contributed by atoms with E-state index in [0.29, 0.717) is 0 Å². The summed E-state index contributed by atoms with van der Waals surface area (Å²) in [4.78, 5) is 4.68. The zero-order valence-electron chi connectivity index (χ0n) is 11.9. The van der Waals surface area contributed by atoms with Gasteiger partial charge in [-0.15, -0.1) is 11.3 Å². The molecule has 2 aromatic heterocycles. The zero-order valence-corrected chi connectivity index (χ0v) is 12.7. The van der Waals surface area contributed by atoms with Crippen LogP contribution in [0, 0.1) is 0 Å². The first-order valence-corrected chi connectivity index (χ1v) is 7.52. The number of rotatable bonds is 3. The molecule has 0 spiro atoms. The predicted octanol–water partition coefficient (Wildman–Crippen LogP) is 3.93. The maximum absolute atomic E-state index is 4.68. The molecule has 0 atom stereocenters. The van der Waals surface area contributed by atoms with E-state index >= 15 is 0 Å². The zero-order chi connectivity index (χ0) is 14.2. The van der Waals surface area contributed by atoms with E-state index in [-0.39, 0.29) is 5.41 Å². The van der Waals surface area contributed by atoms with E-state index in [2.05, 4.69) is 64.8 Å². The molecule has 0 saturated carbocycles. The van der Waals surface area contributed by atoms with Crippen molar-refractivity contribution in [2.45, 2.75) is 32.7 Å². The van der Waals surface area contributed by atoms with Crippen LogP contribution >= 0.6 is 11.3 Å². The number of hydrogen-bond donors (Lipinski definition) is 2. The molecular weight excluding hydrogens is 268 g/mol. The lowest BCUT2D eigenvalue weighted by molar-refractivity contribution is 0.583. The number of H-pyrrole nitrogens is 1. The molecule has 0 fully saturated rings. The van der Waals surface area contributed by atoms with E-state index in [1.54, 1.807) is 11.3 Å². The highest BCUT2D eigenvalue weighted by molar-refractivity contribution is 7.09. The Labute approximate surface area is 122 Å². The van der Waals surface area contributed by atoms with Gasteiger partial charge in [0.15, 0.2) is 0 Å². The average Bonchev–Trinajstić information content (AvgIpc) is 3.04. The van der Waals surface area contributed by atoms with Crippen LogP contribution < -0.4 is 5.32 Å². The first-order valence-electron chi connectivity index (χ1n) is 6.64. The van der Waals surface area contributed by atoms with E-state index in [1.165, 1.54) is 5.01 Å². The van der Waals surface area contributed by atoms with Crippen LogP contribution in [-0.2, 0) is 12.0 Å². The van der Waals surface area contributed by atoms with Crippen molar-refractivity contribution in [3.8, 4) is 0 Å². The fraction of sp³-hybridized carbons (Fsp3) is 0.333. The van der Waals surface area contributed by atoms with Gasteiger partial charge in [-0.1, -0.05) is 20.8 Å². The molecule has 0 aliphatic carbocycles. The van der Waals surface area contributed by atoms with Crippen molar-refractivity contribution >= 4 is 27.9 Å². The quantitative estimate of drug-likeness (QED) is 0.767. The molecule has 3 rings (SSSR count). The summed E-state index contributed by atoms with van der Waals surface area (Å²) in [5, 5.41) is 14.8. The van der Waals surface area contributed by atoms with E-state index in [4.69, 9.17) is 0 Å². The Hall–Kier alpha value is -1.88. The third kappa shape index (κ3) is 2.67. The Morgan fingerprint density at radius 2 is 2.15 bits per heavy atom. The molecule has 20 heavy (non-hydrogen) atoms. The molecule has 0 aliphatic heterocycles. The number of fused-ring (bicyclic) bond motifs is 1. The summed E-state index contributed by atoms with van der Waals surface area (Å²) in [5.41, 5.74) is 3.33. The van der Waals surface area contributed by atoms with Gasteiger partial charge in [0.1, 0.15) is 0 Å². The van der Waals surface area contributed by atoms with Crippen molar-refractivity contribution in [3.05, 3.63) is 40.5 Å². The molecule has 0 saturated heterocycles. The van der Waals surface area contributed by atoms with Gasteiger partial charge in [0.05, 0.1) is 29.0 Å². The van der Waals surface area contributed by atoms with Crippen LogP contribution in [-0.4, -0.2) is 15.2 Å². The molecule has 0 amide bonds. The molecule has 2 heterocycles. The summed E-state index contributed by atoms with van der Waals surface area (Å²) in [6.45, 7) is 7.31. The van der Waals surface area contributed by atoms with E-state index < -0.39 is 0 Å². The average molecular weight is 286 g/mol. The molecule has 4 nitrogen and oxygen atoms in total. The number of thiazole rings is 1. The van der Waals surface area contributed by atoms with Gasteiger partial charge in [0, 0.05) is 21.9 Å². The second kappa shape index (κ2) is 4.90. The molecule has 1 aromatic carbocycles. The Balaban J connectivity index is 1.71. The lowest BCUT2D eigenvalue weighted by Crippen LogP contribution is -2.11. The first-order chi connectivity index (χ1) is 9.52. The summed E-state index contributed by atoms with van der Waals surface area (Å²) in [7, 11) is 0. The summed E-state index contributed by atoms with van der Waals surface area (Å²) < 4.78 is 0. The minimum absolute atomic E-state index is 0.123. The molecule has 2 N–H and O–H groups in total. The maximum atomic E-state index is 4.68. The largest absolute Gasteiger partial charge is 0.379 e. The number of aromatic nitrogens is 3.